The van der Waals surface area contributed by atoms with Crippen molar-refractivity contribution in [2.75, 3.05) is 0 Å². The van der Waals surface area contributed by atoms with Crippen LogP contribution in [0.4, 0.5) is 0 Å². The first kappa shape index (κ1) is 19.9. The number of carbonyl (C=O) groups is 1. The van der Waals surface area contributed by atoms with E-state index in [1.807, 2.05) is 12.1 Å². The van der Waals surface area contributed by atoms with Crippen LogP contribution in [0.25, 0.3) is 11.4 Å². The first-order chi connectivity index (χ1) is 13.2. The summed E-state index contributed by atoms with van der Waals surface area (Å²) in [6.45, 7) is 2.22. The predicted molar refractivity (Wildman–Crippen MR) is 106 cm³/mol. The Labute approximate surface area is 165 Å². The first-order valence-electron chi connectivity index (χ1n) is 10.0. The molecule has 5 nitrogen and oxygen atoms in total. The van der Waals surface area contributed by atoms with Gasteiger partial charge in [-0.05, 0) is 55.9 Å². The Bertz CT molecular complexity index is 729. The van der Waals surface area contributed by atoms with Crippen molar-refractivity contribution in [3.63, 3.8) is 0 Å². The number of amides is 1. The molecule has 0 radical (unpaired) electrons. The van der Waals surface area contributed by atoms with Gasteiger partial charge in [0.25, 0.3) is 0 Å². The molecule has 2 aromatic rings. The van der Waals surface area contributed by atoms with Crippen LogP contribution in [-0.2, 0) is 11.2 Å². The number of nitrogens with one attached hydrogen (secondary N) is 1. The zero-order valence-corrected chi connectivity index (χ0v) is 16.7. The predicted octanol–water partition coefficient (Wildman–Crippen LogP) is 5.19. The average Bonchev–Trinajstić information content (AvgIpc) is 3.30. The lowest BCUT2D eigenvalue weighted by Gasteiger charge is -2.20. The molecule has 2 atom stereocenters. The second-order valence-corrected chi connectivity index (χ2v) is 7.82. The average molecular weight is 390 g/mol. The summed E-state index contributed by atoms with van der Waals surface area (Å²) in [6.07, 6.45) is 9.12. The summed E-state index contributed by atoms with van der Waals surface area (Å²) >= 11 is 5.90. The molecule has 0 spiro atoms. The number of aromatic nitrogens is 2. The van der Waals surface area contributed by atoms with E-state index in [1.54, 1.807) is 12.1 Å². The van der Waals surface area contributed by atoms with Gasteiger partial charge in [-0.1, -0.05) is 42.9 Å². The van der Waals surface area contributed by atoms with Crippen LogP contribution in [0.3, 0.4) is 0 Å². The fourth-order valence-electron chi connectivity index (χ4n) is 3.79. The molecule has 1 saturated carbocycles. The molecule has 1 aliphatic carbocycles. The lowest BCUT2D eigenvalue weighted by molar-refractivity contribution is -0.122. The van der Waals surface area contributed by atoms with Gasteiger partial charge in [0.2, 0.25) is 17.6 Å². The maximum atomic E-state index is 12.3. The largest absolute Gasteiger partial charge is 0.353 e. The van der Waals surface area contributed by atoms with Crippen LogP contribution < -0.4 is 5.32 Å². The number of halogens is 1. The third-order valence-electron chi connectivity index (χ3n) is 5.30. The van der Waals surface area contributed by atoms with E-state index in [9.17, 15) is 4.79 Å². The molecule has 3 rings (SSSR count). The van der Waals surface area contributed by atoms with Crippen LogP contribution in [-0.4, -0.2) is 22.1 Å². The van der Waals surface area contributed by atoms with Crippen LogP contribution in [0.5, 0.6) is 0 Å². The van der Waals surface area contributed by atoms with Gasteiger partial charge in [-0.25, -0.2) is 0 Å². The second kappa shape index (κ2) is 9.88. The molecule has 1 heterocycles. The van der Waals surface area contributed by atoms with Crippen molar-refractivity contribution < 1.29 is 9.32 Å². The smallest absolute Gasteiger partial charge is 0.226 e. The monoisotopic (exact) mass is 389 g/mol. The molecule has 146 valence electrons. The van der Waals surface area contributed by atoms with E-state index in [0.29, 0.717) is 48.0 Å². The van der Waals surface area contributed by atoms with Crippen LogP contribution in [0.15, 0.2) is 28.8 Å². The minimum absolute atomic E-state index is 0.140. The molecule has 1 N–H and O–H groups in total. The zero-order valence-electron chi connectivity index (χ0n) is 15.9. The summed E-state index contributed by atoms with van der Waals surface area (Å²) in [5.74, 6) is 1.91. The normalized spacial score (nSPS) is 19.3. The first-order valence-corrected chi connectivity index (χ1v) is 10.4. The Hall–Kier alpha value is -1.88. The second-order valence-electron chi connectivity index (χ2n) is 7.38. The number of benzene rings is 1. The molecule has 0 saturated heterocycles. The van der Waals surface area contributed by atoms with E-state index < -0.39 is 0 Å². The molecule has 1 aromatic carbocycles. The van der Waals surface area contributed by atoms with Gasteiger partial charge in [0.1, 0.15) is 0 Å². The highest BCUT2D eigenvalue weighted by molar-refractivity contribution is 6.30. The molecule has 1 amide bonds. The molecule has 6 heteroatoms. The van der Waals surface area contributed by atoms with Crippen molar-refractivity contribution in [2.45, 2.75) is 70.8 Å². The number of hydrogen-bond donors (Lipinski definition) is 1. The van der Waals surface area contributed by atoms with Gasteiger partial charge in [0.15, 0.2) is 0 Å². The third-order valence-corrected chi connectivity index (χ3v) is 5.55. The van der Waals surface area contributed by atoms with Gasteiger partial charge in [0.05, 0.1) is 0 Å². The summed E-state index contributed by atoms with van der Waals surface area (Å²) in [6, 6.07) is 7.69. The lowest BCUT2D eigenvalue weighted by atomic mass is 9.96. The van der Waals surface area contributed by atoms with E-state index in [4.69, 9.17) is 16.1 Å². The maximum absolute atomic E-state index is 12.3. The molecule has 0 bridgehead atoms. The summed E-state index contributed by atoms with van der Waals surface area (Å²) in [5, 5.41) is 7.92. The van der Waals surface area contributed by atoms with Crippen LogP contribution in [0, 0.1) is 5.92 Å². The number of carbonyl (C=O) groups excluding carboxylic acids is 1. The van der Waals surface area contributed by atoms with E-state index >= 15 is 0 Å². The highest BCUT2D eigenvalue weighted by Crippen LogP contribution is 2.30. The van der Waals surface area contributed by atoms with Crippen molar-refractivity contribution in [1.82, 2.24) is 15.5 Å². The minimum Gasteiger partial charge on any atom is -0.353 e. The molecule has 0 aliphatic heterocycles. The number of aryl methyl sites for hydroxylation is 1. The molecule has 2 unspecified atom stereocenters. The Balaban J connectivity index is 1.42. The van der Waals surface area contributed by atoms with Crippen molar-refractivity contribution >= 4 is 17.5 Å². The van der Waals surface area contributed by atoms with Gasteiger partial charge < -0.3 is 9.84 Å². The fourth-order valence-corrected chi connectivity index (χ4v) is 3.92. The quantitative estimate of drug-likeness (QED) is 0.640. The summed E-state index contributed by atoms with van der Waals surface area (Å²) in [7, 11) is 0. The van der Waals surface area contributed by atoms with E-state index in [1.165, 1.54) is 32.1 Å². The van der Waals surface area contributed by atoms with Gasteiger partial charge in [-0.3, -0.25) is 4.79 Å². The summed E-state index contributed by atoms with van der Waals surface area (Å²) in [5.41, 5.74) is 0.867. The van der Waals surface area contributed by atoms with Crippen LogP contribution >= 0.6 is 11.6 Å². The number of rotatable bonds is 9. The van der Waals surface area contributed by atoms with Crippen molar-refractivity contribution in [3.05, 3.63) is 35.2 Å². The Morgan fingerprint density at radius 2 is 2.07 bits per heavy atom. The highest BCUT2D eigenvalue weighted by Gasteiger charge is 2.27. The SMILES string of the molecule is CCCCC1CCCC1NC(=O)CCCc1nc(-c2ccc(Cl)cc2)no1. The molecular formula is C21H28ClN3O2. The Morgan fingerprint density at radius 3 is 2.85 bits per heavy atom. The van der Waals surface area contributed by atoms with E-state index in [-0.39, 0.29) is 5.91 Å². The van der Waals surface area contributed by atoms with Crippen LogP contribution in [0.1, 0.15) is 64.2 Å². The third kappa shape index (κ3) is 5.80. The number of nitrogens with zero attached hydrogens (tertiary/aromatic N) is 2. The highest BCUT2D eigenvalue weighted by atomic mass is 35.5. The van der Waals surface area contributed by atoms with E-state index in [2.05, 4.69) is 22.4 Å². The standard InChI is InChI=1S/C21H28ClN3O2/c1-2-3-6-15-7-4-8-18(15)23-19(26)9-5-10-20-24-21(25-27-20)16-11-13-17(22)14-12-16/h11-15,18H,2-10H2,1H3,(H,23,26). The Morgan fingerprint density at radius 1 is 1.26 bits per heavy atom. The molecule has 1 aliphatic rings. The van der Waals surface area contributed by atoms with Gasteiger partial charge in [-0.15, -0.1) is 0 Å². The van der Waals surface area contributed by atoms with Crippen LogP contribution in [0.2, 0.25) is 5.02 Å². The summed E-state index contributed by atoms with van der Waals surface area (Å²) in [4.78, 5) is 16.7. The van der Waals surface area contributed by atoms with Crippen molar-refractivity contribution in [3.8, 4) is 11.4 Å². The van der Waals surface area contributed by atoms with Gasteiger partial charge >= 0.3 is 0 Å². The van der Waals surface area contributed by atoms with Gasteiger partial charge in [-0.2, -0.15) is 4.98 Å². The van der Waals surface area contributed by atoms with Crippen molar-refractivity contribution in [2.24, 2.45) is 5.92 Å². The molecule has 1 fully saturated rings. The number of hydrogen-bond acceptors (Lipinski definition) is 4. The lowest BCUT2D eigenvalue weighted by Crippen LogP contribution is -2.37. The Kier molecular flexibility index (Phi) is 7.27. The fraction of sp³-hybridized carbons (Fsp3) is 0.571. The molecule has 1 aromatic heterocycles. The van der Waals surface area contributed by atoms with Gasteiger partial charge in [0, 0.05) is 29.5 Å². The maximum Gasteiger partial charge on any atom is 0.226 e. The summed E-state index contributed by atoms with van der Waals surface area (Å²) < 4.78 is 5.30. The molecule has 27 heavy (non-hydrogen) atoms. The van der Waals surface area contributed by atoms with Crippen molar-refractivity contribution in [1.29, 1.82) is 0 Å². The number of unbranched alkanes of at least 4 members (excludes halogenated alkanes) is 1. The topological polar surface area (TPSA) is 68.0 Å². The zero-order chi connectivity index (χ0) is 19.1. The molecular weight excluding hydrogens is 362 g/mol. The minimum atomic E-state index is 0.140. The van der Waals surface area contributed by atoms with E-state index in [0.717, 1.165) is 12.0 Å².